The fourth-order valence-corrected chi connectivity index (χ4v) is 5.25. The molecule has 2 aromatic rings. The van der Waals surface area contributed by atoms with E-state index in [0.29, 0.717) is 16.6 Å². The number of nitrogens with one attached hydrogen (secondary N) is 1. The molecule has 0 radical (unpaired) electrons. The topological polar surface area (TPSA) is 74.9 Å². The molecule has 3 heterocycles. The van der Waals surface area contributed by atoms with Gasteiger partial charge in [-0.1, -0.05) is 0 Å². The number of halogens is 1. The second kappa shape index (κ2) is 5.92. The van der Waals surface area contributed by atoms with E-state index in [1.165, 1.54) is 23.4 Å². The van der Waals surface area contributed by atoms with Gasteiger partial charge in [0, 0.05) is 5.56 Å². The molecule has 1 N–H and O–H groups in total. The molecule has 2 atom stereocenters. The molecule has 0 amide bonds. The maximum absolute atomic E-state index is 13.0. The van der Waals surface area contributed by atoms with Crippen LogP contribution in [0.2, 0.25) is 0 Å². The Kier molecular flexibility index (Phi) is 3.84. The molecule has 25 heavy (non-hydrogen) atoms. The Hall–Kier alpha value is -2.26. The van der Waals surface area contributed by atoms with Gasteiger partial charge in [0.2, 0.25) is 0 Å². The summed E-state index contributed by atoms with van der Waals surface area (Å²) in [4.78, 5) is 0. The number of sulfone groups is 1. The number of hydrazone groups is 1. The first-order valence-electron chi connectivity index (χ1n) is 7.61. The zero-order chi connectivity index (χ0) is 17.6. The molecule has 1 aromatic carbocycles. The molecule has 0 aliphatic carbocycles. The van der Waals surface area contributed by atoms with Crippen LogP contribution in [-0.2, 0) is 9.84 Å². The first-order valence-corrected chi connectivity index (χ1v) is 9.84. The number of furan rings is 1. The van der Waals surface area contributed by atoms with E-state index in [4.69, 9.17) is 16.6 Å². The summed E-state index contributed by atoms with van der Waals surface area (Å²) < 4.78 is 42.2. The molecule has 0 saturated carbocycles. The van der Waals surface area contributed by atoms with Crippen LogP contribution in [0.1, 0.15) is 5.76 Å². The molecule has 2 fully saturated rings. The minimum absolute atomic E-state index is 0.0289. The van der Waals surface area contributed by atoms with E-state index in [1.807, 2.05) is 0 Å². The molecule has 0 spiro atoms. The zero-order valence-corrected chi connectivity index (χ0v) is 14.6. The quantitative estimate of drug-likeness (QED) is 0.647. The monoisotopic (exact) mass is 379 g/mol. The van der Waals surface area contributed by atoms with Gasteiger partial charge < -0.3 is 9.73 Å². The van der Waals surface area contributed by atoms with E-state index in [1.54, 1.807) is 24.3 Å². The van der Waals surface area contributed by atoms with Crippen LogP contribution in [0, 0.1) is 5.82 Å². The van der Waals surface area contributed by atoms with Crippen LogP contribution in [0.15, 0.2) is 45.9 Å². The van der Waals surface area contributed by atoms with E-state index in [9.17, 15) is 12.8 Å². The highest BCUT2D eigenvalue weighted by Crippen LogP contribution is 2.25. The first kappa shape index (κ1) is 16.2. The van der Waals surface area contributed by atoms with Crippen molar-refractivity contribution in [3.63, 3.8) is 0 Å². The van der Waals surface area contributed by atoms with Gasteiger partial charge in [-0.15, -0.1) is 0 Å². The van der Waals surface area contributed by atoms with Gasteiger partial charge in [0.05, 0.1) is 29.8 Å². The van der Waals surface area contributed by atoms with Crippen molar-refractivity contribution in [2.75, 3.05) is 11.5 Å². The summed E-state index contributed by atoms with van der Waals surface area (Å²) in [5, 5.41) is 9.21. The average molecular weight is 379 g/mol. The minimum atomic E-state index is -3.07. The number of nitrogens with zero attached hydrogens (tertiary/aromatic N) is 2. The van der Waals surface area contributed by atoms with Crippen molar-refractivity contribution in [3.05, 3.63) is 48.0 Å². The Balaban J connectivity index is 1.52. The predicted octanol–water partition coefficient (Wildman–Crippen LogP) is 1.78. The maximum Gasteiger partial charge on any atom is 0.190 e. The number of fused-ring (bicyclic) bond motifs is 1. The lowest BCUT2D eigenvalue weighted by Crippen LogP contribution is -2.32. The summed E-state index contributed by atoms with van der Waals surface area (Å²) in [6, 6.07) is 8.96. The molecule has 9 heteroatoms. The van der Waals surface area contributed by atoms with Crippen LogP contribution in [-0.4, -0.2) is 48.3 Å². The van der Waals surface area contributed by atoms with Crippen molar-refractivity contribution in [2.45, 2.75) is 12.1 Å². The normalized spacial score (nSPS) is 24.7. The number of rotatable bonds is 3. The lowest BCUT2D eigenvalue weighted by molar-refractivity contribution is 0.373. The molecule has 6 nitrogen and oxygen atoms in total. The van der Waals surface area contributed by atoms with Crippen LogP contribution in [0.25, 0.3) is 11.3 Å². The van der Waals surface area contributed by atoms with Crippen LogP contribution in [0.3, 0.4) is 0 Å². The Labute approximate surface area is 149 Å². The number of thiocarbonyl (C=S) groups is 1. The second-order valence-electron chi connectivity index (χ2n) is 6.00. The highest BCUT2D eigenvalue weighted by atomic mass is 32.2. The van der Waals surface area contributed by atoms with Gasteiger partial charge in [-0.25, -0.2) is 17.8 Å². The largest absolute Gasteiger partial charge is 0.455 e. The Bertz CT molecular complexity index is 953. The van der Waals surface area contributed by atoms with Gasteiger partial charge >= 0.3 is 0 Å². The van der Waals surface area contributed by atoms with Crippen molar-refractivity contribution in [1.82, 2.24) is 10.3 Å². The first-order chi connectivity index (χ1) is 11.9. The fourth-order valence-electron chi connectivity index (χ4n) is 3.03. The molecule has 0 unspecified atom stereocenters. The number of hydrogen-bond donors (Lipinski definition) is 1. The highest BCUT2D eigenvalue weighted by molar-refractivity contribution is 7.91. The lowest BCUT2D eigenvalue weighted by Gasteiger charge is -2.16. The Morgan fingerprint density at radius 1 is 1.24 bits per heavy atom. The van der Waals surface area contributed by atoms with Gasteiger partial charge in [0.1, 0.15) is 17.3 Å². The number of hydrogen-bond acceptors (Lipinski definition) is 5. The standard InChI is InChI=1S/C16H14FN3O3S2/c17-11-3-1-10(2-4-11)15-6-5-12(23-15)7-18-20-14-9-25(21,22)8-13(14)19-16(20)24/h1-7,13-14H,8-9H2,(H,19,24)/b18-7-/t13-,14-/m0/s1. The molecule has 4 rings (SSSR count). The highest BCUT2D eigenvalue weighted by Gasteiger charge is 2.47. The minimum Gasteiger partial charge on any atom is -0.455 e. The summed E-state index contributed by atoms with van der Waals surface area (Å²) in [7, 11) is -3.07. The molecule has 2 aliphatic heterocycles. The fraction of sp³-hybridized carbons (Fsp3) is 0.250. The summed E-state index contributed by atoms with van der Waals surface area (Å²) in [5.74, 6) is 0.866. The van der Waals surface area contributed by atoms with E-state index in [0.717, 1.165) is 5.56 Å². The summed E-state index contributed by atoms with van der Waals surface area (Å²) in [6.45, 7) is 0. The molecule has 1 aromatic heterocycles. The molecule has 130 valence electrons. The van der Waals surface area contributed by atoms with E-state index < -0.39 is 9.84 Å². The van der Waals surface area contributed by atoms with Crippen LogP contribution >= 0.6 is 12.2 Å². The van der Waals surface area contributed by atoms with Crippen molar-refractivity contribution >= 4 is 33.4 Å². The summed E-state index contributed by atoms with van der Waals surface area (Å²) in [6.07, 6.45) is 1.49. The summed E-state index contributed by atoms with van der Waals surface area (Å²) >= 11 is 5.22. The van der Waals surface area contributed by atoms with Crippen LogP contribution in [0.4, 0.5) is 4.39 Å². The van der Waals surface area contributed by atoms with Crippen LogP contribution in [0.5, 0.6) is 0 Å². The molecular weight excluding hydrogens is 365 g/mol. The third kappa shape index (κ3) is 3.16. The number of benzene rings is 1. The lowest BCUT2D eigenvalue weighted by atomic mass is 10.2. The van der Waals surface area contributed by atoms with Crippen LogP contribution < -0.4 is 5.32 Å². The molecule has 2 saturated heterocycles. The van der Waals surface area contributed by atoms with E-state index >= 15 is 0 Å². The maximum atomic E-state index is 13.0. The SMILES string of the molecule is O=S1(=O)C[C@@H]2NC(=S)N(/N=C\c3ccc(-c4ccc(F)cc4)o3)[C@H]2C1. The van der Waals surface area contributed by atoms with E-state index in [-0.39, 0.29) is 29.4 Å². The smallest absolute Gasteiger partial charge is 0.190 e. The Morgan fingerprint density at radius 2 is 2.00 bits per heavy atom. The third-order valence-electron chi connectivity index (χ3n) is 4.22. The van der Waals surface area contributed by atoms with Gasteiger partial charge in [-0.05, 0) is 48.6 Å². The van der Waals surface area contributed by atoms with Crippen molar-refractivity contribution < 1.29 is 17.2 Å². The Morgan fingerprint density at radius 3 is 2.76 bits per heavy atom. The van der Waals surface area contributed by atoms with Gasteiger partial charge in [-0.3, -0.25) is 0 Å². The van der Waals surface area contributed by atoms with Gasteiger partial charge in [-0.2, -0.15) is 5.10 Å². The average Bonchev–Trinajstić information content (AvgIpc) is 3.19. The molecule has 2 aliphatic rings. The van der Waals surface area contributed by atoms with Gasteiger partial charge in [0.25, 0.3) is 0 Å². The summed E-state index contributed by atoms with van der Waals surface area (Å²) in [5.41, 5.74) is 0.751. The second-order valence-corrected chi connectivity index (χ2v) is 8.54. The van der Waals surface area contributed by atoms with Crippen molar-refractivity contribution in [1.29, 1.82) is 0 Å². The predicted molar refractivity (Wildman–Crippen MR) is 95.5 cm³/mol. The van der Waals surface area contributed by atoms with Crippen molar-refractivity contribution in [3.8, 4) is 11.3 Å². The third-order valence-corrected chi connectivity index (χ3v) is 6.24. The van der Waals surface area contributed by atoms with E-state index in [2.05, 4.69) is 10.4 Å². The zero-order valence-electron chi connectivity index (χ0n) is 12.9. The van der Waals surface area contributed by atoms with Gasteiger partial charge in [0.15, 0.2) is 14.9 Å². The van der Waals surface area contributed by atoms with Crippen molar-refractivity contribution in [2.24, 2.45) is 5.10 Å². The molecular formula is C16H14FN3O3S2. The molecule has 0 bridgehead atoms.